The molecule has 26 heavy (non-hydrogen) atoms. The molecule has 1 heterocycles. The fourth-order valence-corrected chi connectivity index (χ4v) is 2.64. The number of rotatable bonds is 9. The topological polar surface area (TPSA) is 48.3 Å². The molecule has 3 rings (SSSR count). The standard InChI is InChI=1S/C21H23N3O2/c1-3-12-26-20-9-6-18(13-21(20)25-2)15-23-14-17-4-7-19(8-5-17)24-11-10-22-16-24/h3-11,13,16,23H,1,12,14-15H2,2H3. The second-order valence-corrected chi connectivity index (χ2v) is 5.82. The van der Waals surface area contributed by atoms with Gasteiger partial charge in [-0.25, -0.2) is 4.98 Å². The molecule has 0 amide bonds. The molecule has 0 atom stereocenters. The number of hydrogen-bond donors (Lipinski definition) is 1. The Labute approximate surface area is 153 Å². The van der Waals surface area contributed by atoms with E-state index in [4.69, 9.17) is 9.47 Å². The number of methoxy groups -OCH3 is 1. The lowest BCUT2D eigenvalue weighted by Crippen LogP contribution is -2.12. The van der Waals surface area contributed by atoms with Crippen LogP contribution in [0.4, 0.5) is 0 Å². The Bertz CT molecular complexity index is 827. The van der Waals surface area contributed by atoms with Gasteiger partial charge in [0.1, 0.15) is 6.61 Å². The van der Waals surface area contributed by atoms with E-state index in [0.717, 1.165) is 35.8 Å². The van der Waals surface area contributed by atoms with Gasteiger partial charge in [0.05, 0.1) is 13.4 Å². The first-order valence-corrected chi connectivity index (χ1v) is 8.49. The van der Waals surface area contributed by atoms with Crippen molar-refractivity contribution in [1.82, 2.24) is 14.9 Å². The van der Waals surface area contributed by atoms with Gasteiger partial charge < -0.3 is 19.4 Å². The van der Waals surface area contributed by atoms with Crippen LogP contribution in [0.25, 0.3) is 5.69 Å². The summed E-state index contributed by atoms with van der Waals surface area (Å²) < 4.78 is 13.0. The van der Waals surface area contributed by atoms with E-state index < -0.39 is 0 Å². The Kier molecular flexibility index (Phi) is 6.06. The van der Waals surface area contributed by atoms with Gasteiger partial charge >= 0.3 is 0 Å². The number of ether oxygens (including phenoxy) is 2. The maximum atomic E-state index is 5.58. The Morgan fingerprint density at radius 1 is 1.08 bits per heavy atom. The van der Waals surface area contributed by atoms with Crippen molar-refractivity contribution in [1.29, 1.82) is 0 Å². The van der Waals surface area contributed by atoms with E-state index in [1.807, 2.05) is 29.0 Å². The predicted octanol–water partition coefficient (Wildman–Crippen LogP) is 3.74. The molecule has 0 aliphatic carbocycles. The molecule has 134 valence electrons. The summed E-state index contributed by atoms with van der Waals surface area (Å²) in [5.74, 6) is 1.46. The maximum absolute atomic E-state index is 5.58. The number of nitrogens with zero attached hydrogens (tertiary/aromatic N) is 2. The fraction of sp³-hybridized carbons (Fsp3) is 0.190. The number of nitrogens with one attached hydrogen (secondary N) is 1. The van der Waals surface area contributed by atoms with Gasteiger partial charge in [-0.15, -0.1) is 0 Å². The molecule has 1 N–H and O–H groups in total. The second-order valence-electron chi connectivity index (χ2n) is 5.82. The molecular weight excluding hydrogens is 326 g/mol. The van der Waals surface area contributed by atoms with E-state index in [9.17, 15) is 0 Å². The third-order valence-corrected chi connectivity index (χ3v) is 3.98. The molecule has 5 nitrogen and oxygen atoms in total. The lowest BCUT2D eigenvalue weighted by atomic mass is 10.1. The molecular formula is C21H23N3O2. The van der Waals surface area contributed by atoms with Gasteiger partial charge in [0.25, 0.3) is 0 Å². The van der Waals surface area contributed by atoms with Crippen LogP contribution in [0.1, 0.15) is 11.1 Å². The van der Waals surface area contributed by atoms with Crippen molar-refractivity contribution >= 4 is 0 Å². The van der Waals surface area contributed by atoms with Gasteiger partial charge in [-0.3, -0.25) is 0 Å². The summed E-state index contributed by atoms with van der Waals surface area (Å²) in [5.41, 5.74) is 3.47. The van der Waals surface area contributed by atoms with Crippen LogP contribution < -0.4 is 14.8 Å². The Morgan fingerprint density at radius 3 is 2.54 bits per heavy atom. The van der Waals surface area contributed by atoms with Crippen LogP contribution >= 0.6 is 0 Å². The van der Waals surface area contributed by atoms with Crippen LogP contribution in [0.3, 0.4) is 0 Å². The summed E-state index contributed by atoms with van der Waals surface area (Å²) in [6.45, 7) is 5.66. The van der Waals surface area contributed by atoms with Gasteiger partial charge in [0.15, 0.2) is 11.5 Å². The predicted molar refractivity (Wildman–Crippen MR) is 103 cm³/mol. The van der Waals surface area contributed by atoms with E-state index in [0.29, 0.717) is 6.61 Å². The molecule has 0 radical (unpaired) electrons. The average molecular weight is 349 g/mol. The van der Waals surface area contributed by atoms with E-state index in [-0.39, 0.29) is 0 Å². The molecule has 0 bridgehead atoms. The smallest absolute Gasteiger partial charge is 0.161 e. The maximum Gasteiger partial charge on any atom is 0.161 e. The van der Waals surface area contributed by atoms with Crippen molar-refractivity contribution in [3.63, 3.8) is 0 Å². The van der Waals surface area contributed by atoms with Crippen LogP contribution in [-0.2, 0) is 13.1 Å². The van der Waals surface area contributed by atoms with Crippen molar-refractivity contribution in [3.05, 3.63) is 85.0 Å². The first kappa shape index (κ1) is 17.8. The van der Waals surface area contributed by atoms with E-state index in [2.05, 4.69) is 41.1 Å². The molecule has 5 heteroatoms. The Hall–Kier alpha value is -3.05. The number of hydrogen-bond acceptors (Lipinski definition) is 4. The third-order valence-electron chi connectivity index (χ3n) is 3.98. The Balaban J connectivity index is 1.55. The zero-order chi connectivity index (χ0) is 18.2. The highest BCUT2D eigenvalue weighted by Gasteiger charge is 2.05. The molecule has 0 saturated carbocycles. The first-order valence-electron chi connectivity index (χ1n) is 8.49. The van der Waals surface area contributed by atoms with Crippen molar-refractivity contribution < 1.29 is 9.47 Å². The molecule has 0 fully saturated rings. The molecule has 1 aromatic heterocycles. The van der Waals surface area contributed by atoms with Gasteiger partial charge in [0.2, 0.25) is 0 Å². The minimum Gasteiger partial charge on any atom is -0.493 e. The summed E-state index contributed by atoms with van der Waals surface area (Å²) in [4.78, 5) is 4.07. The van der Waals surface area contributed by atoms with Crippen molar-refractivity contribution in [2.24, 2.45) is 0 Å². The molecule has 0 spiro atoms. The highest BCUT2D eigenvalue weighted by Crippen LogP contribution is 2.28. The summed E-state index contributed by atoms with van der Waals surface area (Å²) >= 11 is 0. The van der Waals surface area contributed by atoms with Gasteiger partial charge in [0, 0.05) is 31.2 Å². The zero-order valence-electron chi connectivity index (χ0n) is 14.9. The summed E-state index contributed by atoms with van der Waals surface area (Å²) in [6.07, 6.45) is 7.22. The van der Waals surface area contributed by atoms with Crippen LogP contribution in [0, 0.1) is 0 Å². The second kappa shape index (κ2) is 8.87. The lowest BCUT2D eigenvalue weighted by molar-refractivity contribution is 0.326. The van der Waals surface area contributed by atoms with Crippen molar-refractivity contribution in [3.8, 4) is 17.2 Å². The number of aromatic nitrogens is 2. The summed E-state index contributed by atoms with van der Waals surface area (Å²) in [6, 6.07) is 14.4. The van der Waals surface area contributed by atoms with Crippen molar-refractivity contribution in [2.45, 2.75) is 13.1 Å². The zero-order valence-corrected chi connectivity index (χ0v) is 14.9. The number of benzene rings is 2. The van der Waals surface area contributed by atoms with Gasteiger partial charge in [-0.1, -0.05) is 30.9 Å². The third kappa shape index (κ3) is 4.52. The largest absolute Gasteiger partial charge is 0.493 e. The van der Waals surface area contributed by atoms with Crippen molar-refractivity contribution in [2.75, 3.05) is 13.7 Å². The highest BCUT2D eigenvalue weighted by atomic mass is 16.5. The monoisotopic (exact) mass is 349 g/mol. The molecule has 0 aliphatic heterocycles. The molecule has 2 aromatic carbocycles. The average Bonchev–Trinajstić information content (AvgIpc) is 3.22. The van der Waals surface area contributed by atoms with Crippen LogP contribution in [0.15, 0.2) is 73.8 Å². The van der Waals surface area contributed by atoms with E-state index >= 15 is 0 Å². The van der Waals surface area contributed by atoms with Crippen LogP contribution in [-0.4, -0.2) is 23.3 Å². The van der Waals surface area contributed by atoms with Gasteiger partial charge in [-0.2, -0.15) is 0 Å². The molecule has 0 unspecified atom stereocenters. The van der Waals surface area contributed by atoms with E-state index in [1.165, 1.54) is 5.56 Å². The molecule has 3 aromatic rings. The SMILES string of the molecule is C=CCOc1ccc(CNCc2ccc(-n3ccnc3)cc2)cc1OC. The first-order chi connectivity index (χ1) is 12.8. The lowest BCUT2D eigenvalue weighted by Gasteiger charge is -2.12. The molecule has 0 aliphatic rings. The highest BCUT2D eigenvalue weighted by molar-refractivity contribution is 5.43. The normalized spacial score (nSPS) is 10.5. The molecule has 0 saturated heterocycles. The fourth-order valence-electron chi connectivity index (χ4n) is 2.64. The van der Waals surface area contributed by atoms with Crippen LogP contribution in [0.2, 0.25) is 0 Å². The minimum atomic E-state index is 0.461. The summed E-state index contributed by atoms with van der Waals surface area (Å²) in [7, 11) is 1.65. The quantitative estimate of drug-likeness (QED) is 0.598. The Morgan fingerprint density at radius 2 is 1.85 bits per heavy atom. The number of imidazole rings is 1. The van der Waals surface area contributed by atoms with Gasteiger partial charge in [-0.05, 0) is 35.4 Å². The summed E-state index contributed by atoms with van der Waals surface area (Å²) in [5, 5.41) is 3.45. The van der Waals surface area contributed by atoms with Crippen LogP contribution in [0.5, 0.6) is 11.5 Å². The minimum absolute atomic E-state index is 0.461. The van der Waals surface area contributed by atoms with E-state index in [1.54, 1.807) is 25.7 Å².